The number of nitrogens with one attached hydrogen (secondary N) is 2. The molecule has 1 heterocycles. The lowest BCUT2D eigenvalue weighted by molar-refractivity contribution is -0.123. The van der Waals surface area contributed by atoms with Crippen LogP contribution in [-0.2, 0) is 11.8 Å². The molecule has 7 heteroatoms. The summed E-state index contributed by atoms with van der Waals surface area (Å²) in [7, 11) is 1.67. The monoisotopic (exact) mass is 253 g/mol. The maximum Gasteiger partial charge on any atom is 0.274 e. The molecule has 4 N–H and O–H groups in total. The van der Waals surface area contributed by atoms with E-state index < -0.39 is 11.9 Å². The predicted molar refractivity (Wildman–Crippen MR) is 67.8 cm³/mol. The molecule has 1 atom stereocenters. The highest BCUT2D eigenvalue weighted by Gasteiger charge is 2.20. The Labute approximate surface area is 106 Å². The molecule has 2 amide bonds. The number of aryl methyl sites for hydroxylation is 1. The first-order valence-electron chi connectivity index (χ1n) is 5.71. The molecule has 1 aromatic heterocycles. The van der Waals surface area contributed by atoms with E-state index in [2.05, 4.69) is 15.7 Å². The zero-order chi connectivity index (χ0) is 13.9. The Morgan fingerprint density at radius 2 is 1.94 bits per heavy atom. The average Bonchev–Trinajstić information content (AvgIpc) is 2.56. The van der Waals surface area contributed by atoms with Gasteiger partial charge in [-0.25, -0.2) is 0 Å². The molecule has 1 unspecified atom stereocenters. The van der Waals surface area contributed by atoms with Crippen LogP contribution in [0.15, 0.2) is 6.20 Å². The van der Waals surface area contributed by atoms with E-state index in [0.717, 1.165) is 0 Å². The lowest BCUT2D eigenvalue weighted by Gasteiger charge is -2.15. The van der Waals surface area contributed by atoms with Crippen LogP contribution in [0.5, 0.6) is 0 Å². The van der Waals surface area contributed by atoms with E-state index in [0.29, 0.717) is 0 Å². The van der Waals surface area contributed by atoms with E-state index in [1.165, 1.54) is 10.9 Å². The average molecular weight is 253 g/mol. The van der Waals surface area contributed by atoms with Gasteiger partial charge in [0.1, 0.15) is 6.04 Å². The van der Waals surface area contributed by atoms with Gasteiger partial charge in [-0.1, -0.05) is 0 Å². The Balaban J connectivity index is 2.65. The van der Waals surface area contributed by atoms with E-state index in [4.69, 9.17) is 5.73 Å². The minimum absolute atomic E-state index is 0.0248. The number of aromatic nitrogens is 2. The van der Waals surface area contributed by atoms with Crippen molar-refractivity contribution < 1.29 is 9.59 Å². The van der Waals surface area contributed by atoms with E-state index in [1.54, 1.807) is 14.0 Å². The number of nitrogens with zero attached hydrogens (tertiary/aromatic N) is 2. The standard InChI is InChI=1S/C11H19N5O2/c1-6(2)13-10(17)7(3)14-11(18)9-8(12)5-16(4)15-9/h5-7H,12H2,1-4H3,(H,13,17)(H,14,18). The predicted octanol–water partition coefficient (Wildman–Crippen LogP) is -0.355. The summed E-state index contributed by atoms with van der Waals surface area (Å²) in [6.07, 6.45) is 1.54. The number of rotatable bonds is 4. The largest absolute Gasteiger partial charge is 0.396 e. The first kappa shape index (κ1) is 14.0. The summed E-state index contributed by atoms with van der Waals surface area (Å²) in [6, 6.07) is -0.613. The molecular weight excluding hydrogens is 234 g/mol. The molecule has 0 radical (unpaired) electrons. The Kier molecular flexibility index (Phi) is 4.30. The molecule has 0 aliphatic rings. The molecule has 0 saturated heterocycles. The van der Waals surface area contributed by atoms with E-state index >= 15 is 0 Å². The molecule has 0 spiro atoms. The van der Waals surface area contributed by atoms with Crippen molar-refractivity contribution in [3.05, 3.63) is 11.9 Å². The van der Waals surface area contributed by atoms with Gasteiger partial charge in [-0.15, -0.1) is 0 Å². The summed E-state index contributed by atoms with van der Waals surface area (Å²) in [5, 5.41) is 9.19. The van der Waals surface area contributed by atoms with Crippen LogP contribution >= 0.6 is 0 Å². The van der Waals surface area contributed by atoms with Crippen molar-refractivity contribution in [1.29, 1.82) is 0 Å². The highest BCUT2D eigenvalue weighted by molar-refractivity contribution is 5.99. The van der Waals surface area contributed by atoms with Crippen molar-refractivity contribution in [1.82, 2.24) is 20.4 Å². The maximum absolute atomic E-state index is 11.8. The molecule has 1 aromatic rings. The van der Waals surface area contributed by atoms with E-state index in [9.17, 15) is 9.59 Å². The van der Waals surface area contributed by atoms with Crippen LogP contribution in [0.3, 0.4) is 0 Å². The number of anilines is 1. The second-order valence-electron chi connectivity index (χ2n) is 4.47. The number of hydrogen-bond donors (Lipinski definition) is 3. The van der Waals surface area contributed by atoms with E-state index in [1.807, 2.05) is 13.8 Å². The molecular formula is C11H19N5O2. The van der Waals surface area contributed by atoms with Gasteiger partial charge >= 0.3 is 0 Å². The van der Waals surface area contributed by atoms with Crippen molar-refractivity contribution in [3.8, 4) is 0 Å². The molecule has 0 saturated carbocycles. The quantitative estimate of drug-likeness (QED) is 0.682. The van der Waals surface area contributed by atoms with Crippen molar-refractivity contribution in [2.24, 2.45) is 7.05 Å². The van der Waals surface area contributed by atoms with Gasteiger partial charge in [0.05, 0.1) is 5.69 Å². The third kappa shape index (κ3) is 3.47. The molecule has 1 rings (SSSR count). The molecule has 0 aliphatic carbocycles. The van der Waals surface area contributed by atoms with Crippen molar-refractivity contribution in [2.75, 3.05) is 5.73 Å². The third-order valence-electron chi connectivity index (χ3n) is 2.24. The van der Waals surface area contributed by atoms with Crippen LogP contribution in [-0.4, -0.2) is 33.7 Å². The van der Waals surface area contributed by atoms with Gasteiger partial charge in [0.15, 0.2) is 5.69 Å². The topological polar surface area (TPSA) is 102 Å². The lowest BCUT2D eigenvalue weighted by Crippen LogP contribution is -2.47. The summed E-state index contributed by atoms with van der Waals surface area (Å²) in [5.74, 6) is -0.702. The van der Waals surface area contributed by atoms with Crippen LogP contribution in [0.4, 0.5) is 5.69 Å². The third-order valence-corrected chi connectivity index (χ3v) is 2.24. The van der Waals surface area contributed by atoms with Crippen LogP contribution < -0.4 is 16.4 Å². The van der Waals surface area contributed by atoms with Crippen molar-refractivity contribution in [3.63, 3.8) is 0 Å². The fourth-order valence-corrected chi connectivity index (χ4v) is 1.42. The molecule has 0 aromatic carbocycles. The Bertz CT molecular complexity index is 452. The first-order valence-corrected chi connectivity index (χ1v) is 5.71. The Morgan fingerprint density at radius 1 is 1.33 bits per heavy atom. The highest BCUT2D eigenvalue weighted by Crippen LogP contribution is 2.07. The number of carbonyl (C=O) groups is 2. The fraction of sp³-hybridized carbons (Fsp3) is 0.545. The van der Waals surface area contributed by atoms with Gasteiger partial charge in [0.2, 0.25) is 5.91 Å². The molecule has 100 valence electrons. The summed E-state index contributed by atoms with van der Waals surface area (Å²) in [4.78, 5) is 23.5. The molecule has 7 nitrogen and oxygen atoms in total. The number of amides is 2. The van der Waals surface area contributed by atoms with Crippen molar-refractivity contribution in [2.45, 2.75) is 32.9 Å². The van der Waals surface area contributed by atoms with Gasteiger partial charge in [-0.2, -0.15) is 5.10 Å². The van der Waals surface area contributed by atoms with Crippen molar-refractivity contribution >= 4 is 17.5 Å². The van der Waals surface area contributed by atoms with Crippen LogP contribution in [0.1, 0.15) is 31.3 Å². The summed E-state index contributed by atoms with van der Waals surface area (Å²) in [6.45, 7) is 5.31. The van der Waals surface area contributed by atoms with Crippen LogP contribution in [0.25, 0.3) is 0 Å². The molecule has 0 bridgehead atoms. The molecule has 18 heavy (non-hydrogen) atoms. The van der Waals surface area contributed by atoms with Crippen LogP contribution in [0.2, 0.25) is 0 Å². The molecule has 0 aliphatic heterocycles. The smallest absolute Gasteiger partial charge is 0.274 e. The van der Waals surface area contributed by atoms with Gasteiger partial charge in [-0.05, 0) is 20.8 Å². The number of carbonyl (C=O) groups excluding carboxylic acids is 2. The van der Waals surface area contributed by atoms with Crippen LogP contribution in [0, 0.1) is 0 Å². The van der Waals surface area contributed by atoms with Gasteiger partial charge in [-0.3, -0.25) is 14.3 Å². The molecule has 0 fully saturated rings. The fourth-order valence-electron chi connectivity index (χ4n) is 1.42. The maximum atomic E-state index is 11.8. The zero-order valence-corrected chi connectivity index (χ0v) is 11.0. The number of hydrogen-bond acceptors (Lipinski definition) is 4. The summed E-state index contributed by atoms with van der Waals surface area (Å²) >= 11 is 0. The lowest BCUT2D eigenvalue weighted by atomic mass is 10.2. The second kappa shape index (κ2) is 5.52. The Morgan fingerprint density at radius 3 is 2.39 bits per heavy atom. The minimum atomic E-state index is -0.638. The summed E-state index contributed by atoms with van der Waals surface area (Å²) < 4.78 is 1.45. The van der Waals surface area contributed by atoms with Gasteiger partial charge in [0, 0.05) is 19.3 Å². The zero-order valence-electron chi connectivity index (χ0n) is 11.0. The Hall–Kier alpha value is -2.05. The minimum Gasteiger partial charge on any atom is -0.396 e. The normalized spacial score (nSPS) is 12.3. The summed E-state index contributed by atoms with van der Waals surface area (Å²) in [5.41, 5.74) is 6.04. The first-order chi connectivity index (χ1) is 8.31. The SMILES string of the molecule is CC(C)NC(=O)C(C)NC(=O)c1nn(C)cc1N. The van der Waals surface area contributed by atoms with Gasteiger partial charge < -0.3 is 16.4 Å². The second-order valence-corrected chi connectivity index (χ2v) is 4.47. The van der Waals surface area contributed by atoms with E-state index in [-0.39, 0.29) is 23.3 Å². The van der Waals surface area contributed by atoms with Gasteiger partial charge in [0.25, 0.3) is 5.91 Å². The highest BCUT2D eigenvalue weighted by atomic mass is 16.2. The number of nitrogens with two attached hydrogens (primary N) is 1. The number of nitrogen functional groups attached to an aromatic ring is 1.